The maximum Gasteiger partial charge on any atom is 0.216 e. The lowest BCUT2D eigenvalue weighted by Gasteiger charge is -2.04. The fourth-order valence-electron chi connectivity index (χ4n) is 3.75. The van der Waals surface area contributed by atoms with Crippen LogP contribution in [0.2, 0.25) is 0 Å². The molecule has 1 aromatic heterocycles. The van der Waals surface area contributed by atoms with Crippen molar-refractivity contribution in [1.29, 1.82) is 0 Å². The normalized spacial score (nSPS) is 35.1. The predicted molar refractivity (Wildman–Crippen MR) is 61.6 cm³/mol. The molecule has 0 amide bonds. The Balaban J connectivity index is 1.64. The first-order valence-corrected chi connectivity index (χ1v) is 6.55. The van der Waals surface area contributed by atoms with Crippen LogP contribution in [0.25, 0.3) is 0 Å². The third kappa shape index (κ3) is 1.22. The SMILES string of the molecule is c1nc2c(cc1C1[C@H]3CCCC[C@@H]13)CCO2. The Kier molecular flexibility index (Phi) is 1.82. The standard InChI is InChI=1S/C14H17NO/c1-2-4-12-11(3-1)13(12)10-7-9-5-6-16-14(9)15-8-10/h7-8,11-13H,1-6H2/t11-,12+,13?. The quantitative estimate of drug-likeness (QED) is 0.718. The van der Waals surface area contributed by atoms with Crippen LogP contribution in [0.1, 0.15) is 42.7 Å². The van der Waals surface area contributed by atoms with E-state index in [-0.39, 0.29) is 0 Å². The second-order valence-electron chi connectivity index (χ2n) is 5.47. The van der Waals surface area contributed by atoms with Crippen molar-refractivity contribution in [3.63, 3.8) is 0 Å². The van der Waals surface area contributed by atoms with Crippen molar-refractivity contribution in [2.24, 2.45) is 11.8 Å². The topological polar surface area (TPSA) is 22.1 Å². The summed E-state index contributed by atoms with van der Waals surface area (Å²) in [6, 6.07) is 2.36. The summed E-state index contributed by atoms with van der Waals surface area (Å²) in [6.45, 7) is 0.823. The van der Waals surface area contributed by atoms with Gasteiger partial charge in [-0.25, -0.2) is 4.98 Å². The molecule has 3 aliphatic rings. The summed E-state index contributed by atoms with van der Waals surface area (Å²) in [5.74, 6) is 3.68. The summed E-state index contributed by atoms with van der Waals surface area (Å²) in [7, 11) is 0. The summed E-state index contributed by atoms with van der Waals surface area (Å²) in [6.07, 6.45) is 8.90. The maximum atomic E-state index is 5.46. The van der Waals surface area contributed by atoms with Gasteiger partial charge in [0.25, 0.3) is 0 Å². The van der Waals surface area contributed by atoms with Crippen LogP contribution in [0.15, 0.2) is 12.3 Å². The second kappa shape index (κ2) is 3.22. The van der Waals surface area contributed by atoms with E-state index in [0.29, 0.717) is 0 Å². The van der Waals surface area contributed by atoms with E-state index in [2.05, 4.69) is 17.2 Å². The van der Waals surface area contributed by atoms with E-state index < -0.39 is 0 Å². The number of fused-ring (bicyclic) bond motifs is 2. The number of aromatic nitrogens is 1. The van der Waals surface area contributed by atoms with Gasteiger partial charge in [0.15, 0.2) is 0 Å². The van der Waals surface area contributed by atoms with Gasteiger partial charge in [0.05, 0.1) is 6.61 Å². The van der Waals surface area contributed by atoms with Gasteiger partial charge in [0.2, 0.25) is 5.88 Å². The molecule has 84 valence electrons. The van der Waals surface area contributed by atoms with Crippen molar-refractivity contribution in [3.05, 3.63) is 23.4 Å². The molecule has 0 saturated heterocycles. The van der Waals surface area contributed by atoms with Crippen LogP contribution >= 0.6 is 0 Å². The molecule has 2 aliphatic carbocycles. The molecule has 2 heterocycles. The number of hydrogen-bond acceptors (Lipinski definition) is 2. The van der Waals surface area contributed by atoms with Crippen LogP contribution in [-0.2, 0) is 6.42 Å². The molecule has 1 aliphatic heterocycles. The molecule has 0 N–H and O–H groups in total. The van der Waals surface area contributed by atoms with Crippen LogP contribution in [0.4, 0.5) is 0 Å². The third-order valence-corrected chi connectivity index (χ3v) is 4.60. The van der Waals surface area contributed by atoms with E-state index in [1.165, 1.54) is 36.8 Å². The molecule has 0 radical (unpaired) electrons. The van der Waals surface area contributed by atoms with E-state index in [1.54, 1.807) is 0 Å². The monoisotopic (exact) mass is 215 g/mol. The molecule has 2 heteroatoms. The van der Waals surface area contributed by atoms with E-state index >= 15 is 0 Å². The van der Waals surface area contributed by atoms with Crippen molar-refractivity contribution < 1.29 is 4.74 Å². The van der Waals surface area contributed by atoms with Gasteiger partial charge in [-0.05, 0) is 42.2 Å². The Hall–Kier alpha value is -1.05. The van der Waals surface area contributed by atoms with Gasteiger partial charge >= 0.3 is 0 Å². The Morgan fingerprint density at radius 1 is 1.19 bits per heavy atom. The minimum absolute atomic E-state index is 0.823. The Bertz CT molecular complexity index is 417. The highest BCUT2D eigenvalue weighted by Gasteiger charge is 2.51. The molecule has 0 aromatic carbocycles. The average Bonchev–Trinajstić information content (AvgIpc) is 2.87. The molecule has 0 bridgehead atoms. The summed E-state index contributed by atoms with van der Waals surface area (Å²) < 4.78 is 5.46. The summed E-state index contributed by atoms with van der Waals surface area (Å²) in [5, 5.41) is 0. The van der Waals surface area contributed by atoms with Crippen molar-refractivity contribution >= 4 is 0 Å². The highest BCUT2D eigenvalue weighted by molar-refractivity contribution is 5.37. The molecule has 3 atom stereocenters. The smallest absolute Gasteiger partial charge is 0.216 e. The largest absolute Gasteiger partial charge is 0.477 e. The summed E-state index contributed by atoms with van der Waals surface area (Å²) in [4.78, 5) is 4.46. The fraction of sp³-hybridized carbons (Fsp3) is 0.643. The fourth-order valence-corrected chi connectivity index (χ4v) is 3.75. The van der Waals surface area contributed by atoms with Crippen molar-refractivity contribution in [2.45, 2.75) is 38.0 Å². The molecule has 4 rings (SSSR count). The third-order valence-electron chi connectivity index (χ3n) is 4.60. The lowest BCUT2D eigenvalue weighted by molar-refractivity contribution is 0.344. The first kappa shape index (κ1) is 9.03. The van der Waals surface area contributed by atoms with Gasteiger partial charge in [-0.3, -0.25) is 0 Å². The molecule has 1 aromatic rings. The first-order chi connectivity index (χ1) is 7.93. The first-order valence-electron chi connectivity index (χ1n) is 6.55. The number of pyridine rings is 1. The number of rotatable bonds is 1. The Morgan fingerprint density at radius 3 is 2.81 bits per heavy atom. The molecule has 0 spiro atoms. The molecule has 1 unspecified atom stereocenters. The minimum atomic E-state index is 0.823. The Labute approximate surface area is 96.0 Å². The zero-order chi connectivity index (χ0) is 10.5. The van der Waals surface area contributed by atoms with E-state index in [4.69, 9.17) is 4.74 Å². The van der Waals surface area contributed by atoms with Crippen LogP contribution < -0.4 is 4.74 Å². The average molecular weight is 215 g/mol. The van der Waals surface area contributed by atoms with Crippen LogP contribution in [0, 0.1) is 11.8 Å². The predicted octanol–water partition coefficient (Wildman–Crippen LogP) is 2.92. The molecule has 2 saturated carbocycles. The van der Waals surface area contributed by atoms with Gasteiger partial charge < -0.3 is 4.74 Å². The zero-order valence-electron chi connectivity index (χ0n) is 9.48. The van der Waals surface area contributed by atoms with Crippen LogP contribution in [-0.4, -0.2) is 11.6 Å². The van der Waals surface area contributed by atoms with Crippen LogP contribution in [0.3, 0.4) is 0 Å². The number of hydrogen-bond donors (Lipinski definition) is 0. The minimum Gasteiger partial charge on any atom is -0.477 e. The van der Waals surface area contributed by atoms with Gasteiger partial charge in [0, 0.05) is 18.2 Å². The molecule has 16 heavy (non-hydrogen) atoms. The molecular weight excluding hydrogens is 198 g/mol. The maximum absolute atomic E-state index is 5.46. The molecule has 2 nitrogen and oxygen atoms in total. The highest BCUT2D eigenvalue weighted by atomic mass is 16.5. The number of ether oxygens (including phenoxy) is 1. The van der Waals surface area contributed by atoms with E-state index in [1.807, 2.05) is 0 Å². The van der Waals surface area contributed by atoms with E-state index in [9.17, 15) is 0 Å². The Morgan fingerprint density at radius 2 is 2.00 bits per heavy atom. The van der Waals surface area contributed by atoms with E-state index in [0.717, 1.165) is 36.7 Å². The van der Waals surface area contributed by atoms with Crippen LogP contribution in [0.5, 0.6) is 5.88 Å². The summed E-state index contributed by atoms with van der Waals surface area (Å²) >= 11 is 0. The van der Waals surface area contributed by atoms with Crippen molar-refractivity contribution in [3.8, 4) is 5.88 Å². The van der Waals surface area contributed by atoms with Gasteiger partial charge in [0.1, 0.15) is 0 Å². The van der Waals surface area contributed by atoms with Crippen molar-refractivity contribution in [1.82, 2.24) is 4.98 Å². The van der Waals surface area contributed by atoms with Gasteiger partial charge in [-0.15, -0.1) is 0 Å². The van der Waals surface area contributed by atoms with Crippen molar-refractivity contribution in [2.75, 3.05) is 6.61 Å². The lowest BCUT2D eigenvalue weighted by atomic mass is 10.0. The molecular formula is C14H17NO. The number of nitrogens with zero attached hydrogens (tertiary/aromatic N) is 1. The highest BCUT2D eigenvalue weighted by Crippen LogP contribution is 2.61. The van der Waals surface area contributed by atoms with Gasteiger partial charge in [-0.2, -0.15) is 0 Å². The molecule has 2 fully saturated rings. The van der Waals surface area contributed by atoms with Gasteiger partial charge in [-0.1, -0.05) is 12.8 Å². The zero-order valence-corrected chi connectivity index (χ0v) is 9.48. The summed E-state index contributed by atoms with van der Waals surface area (Å²) in [5.41, 5.74) is 2.82. The lowest BCUT2D eigenvalue weighted by Crippen LogP contribution is -1.91. The second-order valence-corrected chi connectivity index (χ2v) is 5.47.